The number of nitrogens with zero attached hydrogens (tertiary/aromatic N) is 4. The zero-order valence-corrected chi connectivity index (χ0v) is 48.3. The normalized spacial score (nSPS) is 13.2. The van der Waals surface area contributed by atoms with Crippen molar-refractivity contribution in [3.63, 3.8) is 0 Å². The molecule has 8 aromatic carbocycles. The molecule has 0 saturated carbocycles. The molecule has 5 nitrogen and oxygen atoms in total. The molecular formula is C72H72F2N4O. The fraction of sp³-hybridized carbons (Fsp3) is 0.264. The van der Waals surface area contributed by atoms with Crippen LogP contribution in [0.4, 0.5) is 31.5 Å². The summed E-state index contributed by atoms with van der Waals surface area (Å²) in [4.78, 5) is 9.63. The maximum absolute atomic E-state index is 15.7. The molecule has 0 saturated heterocycles. The molecule has 0 bridgehead atoms. The number of halogens is 2. The summed E-state index contributed by atoms with van der Waals surface area (Å²) in [5.74, 6) is 0.972. The molecule has 0 fully saturated rings. The van der Waals surface area contributed by atoms with Crippen molar-refractivity contribution < 1.29 is 13.5 Å². The Kier molecular flexibility index (Phi) is 13.0. The zero-order chi connectivity index (χ0) is 56.1. The van der Waals surface area contributed by atoms with Gasteiger partial charge in [-0.25, -0.2) is 13.8 Å². The fourth-order valence-electron chi connectivity index (χ4n) is 11.3. The van der Waals surface area contributed by atoms with E-state index in [-0.39, 0.29) is 21.7 Å². The summed E-state index contributed by atoms with van der Waals surface area (Å²) in [5, 5.41) is 2.25. The third-order valence-electron chi connectivity index (χ3n) is 15.6. The highest BCUT2D eigenvalue weighted by molar-refractivity contribution is 6.09. The molecule has 0 amide bonds. The number of benzene rings is 8. The van der Waals surface area contributed by atoms with Crippen LogP contribution in [0.15, 0.2) is 170 Å². The molecule has 7 heteroatoms. The highest BCUT2D eigenvalue weighted by Crippen LogP contribution is 2.53. The van der Waals surface area contributed by atoms with Gasteiger partial charge in [0.2, 0.25) is 0 Å². The first-order valence-corrected chi connectivity index (χ1v) is 27.6. The maximum Gasteiger partial charge on any atom is 0.137 e. The van der Waals surface area contributed by atoms with Crippen LogP contribution in [0.3, 0.4) is 0 Å². The fourth-order valence-corrected chi connectivity index (χ4v) is 11.3. The molecular weight excluding hydrogens is 975 g/mol. The first-order valence-electron chi connectivity index (χ1n) is 27.6. The van der Waals surface area contributed by atoms with E-state index in [0.717, 1.165) is 89.8 Å². The van der Waals surface area contributed by atoms with Gasteiger partial charge in [-0.2, -0.15) is 0 Å². The van der Waals surface area contributed by atoms with Gasteiger partial charge < -0.3 is 14.5 Å². The van der Waals surface area contributed by atoms with Crippen molar-refractivity contribution in [2.45, 2.75) is 119 Å². The molecule has 11 rings (SSSR count). The second-order valence-corrected chi connectivity index (χ2v) is 26.0. The molecule has 0 unspecified atom stereocenters. The minimum Gasteiger partial charge on any atom is -0.457 e. The molecule has 0 radical (unpaired) electrons. The Balaban J connectivity index is 1.11. The Morgan fingerprint density at radius 3 is 1.59 bits per heavy atom. The van der Waals surface area contributed by atoms with Crippen LogP contribution in [0.1, 0.15) is 116 Å². The van der Waals surface area contributed by atoms with Crippen LogP contribution in [-0.2, 0) is 21.7 Å². The van der Waals surface area contributed by atoms with Gasteiger partial charge in [-0.1, -0.05) is 161 Å². The van der Waals surface area contributed by atoms with Crippen LogP contribution in [-0.4, -0.2) is 16.2 Å². The lowest BCUT2D eigenvalue weighted by Gasteiger charge is -2.32. The Bertz CT molecular complexity index is 3950. The van der Waals surface area contributed by atoms with Crippen molar-refractivity contribution in [1.29, 1.82) is 0 Å². The molecule has 1 aliphatic rings. The van der Waals surface area contributed by atoms with Crippen molar-refractivity contribution in [3.05, 3.63) is 215 Å². The van der Waals surface area contributed by atoms with Crippen LogP contribution < -0.4 is 14.5 Å². The van der Waals surface area contributed by atoms with E-state index in [4.69, 9.17) is 9.72 Å². The Morgan fingerprint density at radius 2 is 0.975 bits per heavy atom. The zero-order valence-electron chi connectivity index (χ0n) is 48.3. The smallest absolute Gasteiger partial charge is 0.137 e. The molecule has 1 aliphatic heterocycles. The van der Waals surface area contributed by atoms with Crippen molar-refractivity contribution >= 4 is 44.6 Å². The first kappa shape index (κ1) is 53.0. The summed E-state index contributed by atoms with van der Waals surface area (Å²) in [6.45, 7) is 31.5. The average molecular weight is 1050 g/mol. The van der Waals surface area contributed by atoms with Gasteiger partial charge in [0.1, 0.15) is 35.6 Å². The highest BCUT2D eigenvalue weighted by Gasteiger charge is 2.34. The second-order valence-electron chi connectivity index (χ2n) is 26.0. The molecule has 0 spiro atoms. The van der Waals surface area contributed by atoms with Gasteiger partial charge in [0.05, 0.1) is 28.1 Å². The molecule has 0 atom stereocenters. The summed E-state index contributed by atoms with van der Waals surface area (Å²) >= 11 is 0. The standard InChI is InChI=1S/C72H72F2N4O/c1-44-27-45(2)29-46(28-44)47-34-56(41-58(35-47)79-57-23-24-60-59-19-15-16-20-63(59)78(66(60)42-57)67-39-50(25-26-75-67)69(3,4)5)76-43-77(65-22-18-17-21-64(65)76)68-61(48-30-51(70(6,7)8)36-52(31-48)71(9,10)11)37-53(72(12,13)14)38-62(68)49-32-54(73)40-55(74)33-49/h15-42H,43H2,1-14H3. The van der Waals surface area contributed by atoms with Crippen LogP contribution in [0, 0.1) is 25.5 Å². The van der Waals surface area contributed by atoms with Crippen LogP contribution in [0.5, 0.6) is 11.5 Å². The molecule has 0 N–H and O–H groups in total. The highest BCUT2D eigenvalue weighted by atomic mass is 19.1. The van der Waals surface area contributed by atoms with E-state index in [9.17, 15) is 0 Å². The van der Waals surface area contributed by atoms with Gasteiger partial charge in [-0.3, -0.25) is 4.57 Å². The number of pyridine rings is 1. The molecule has 0 aliphatic carbocycles. The van der Waals surface area contributed by atoms with E-state index in [0.29, 0.717) is 23.7 Å². The monoisotopic (exact) mass is 1050 g/mol. The third-order valence-corrected chi connectivity index (χ3v) is 15.6. The lowest BCUT2D eigenvalue weighted by molar-refractivity contribution is 0.483. The number of fused-ring (bicyclic) bond motifs is 4. The predicted molar refractivity (Wildman–Crippen MR) is 328 cm³/mol. The van der Waals surface area contributed by atoms with Crippen LogP contribution >= 0.6 is 0 Å². The van der Waals surface area contributed by atoms with E-state index in [1.165, 1.54) is 39.9 Å². The number of anilines is 4. The number of aryl methyl sites for hydroxylation is 2. The minimum atomic E-state index is -0.625. The number of rotatable bonds is 8. The van der Waals surface area contributed by atoms with Crippen LogP contribution in [0.2, 0.25) is 0 Å². The van der Waals surface area contributed by atoms with Crippen LogP contribution in [0.25, 0.3) is 61.0 Å². The van der Waals surface area contributed by atoms with E-state index < -0.39 is 11.6 Å². The van der Waals surface area contributed by atoms with E-state index in [1.807, 2.05) is 6.20 Å². The van der Waals surface area contributed by atoms with Gasteiger partial charge in [0, 0.05) is 52.0 Å². The molecule has 3 heterocycles. The summed E-state index contributed by atoms with van der Waals surface area (Å²) in [6, 6.07) is 56.2. The number of hydrogen-bond acceptors (Lipinski definition) is 4. The van der Waals surface area contributed by atoms with Crippen molar-refractivity contribution in [2.75, 3.05) is 16.5 Å². The third kappa shape index (κ3) is 10.3. The predicted octanol–water partition coefficient (Wildman–Crippen LogP) is 20.3. The molecule has 400 valence electrons. The topological polar surface area (TPSA) is 33.5 Å². The van der Waals surface area contributed by atoms with Gasteiger partial charge in [-0.15, -0.1) is 0 Å². The maximum atomic E-state index is 15.7. The summed E-state index contributed by atoms with van der Waals surface area (Å²) in [5.41, 5.74) is 17.5. The number of aromatic nitrogens is 2. The molecule has 10 aromatic rings. The van der Waals surface area contributed by atoms with E-state index in [2.05, 4.69) is 257 Å². The summed E-state index contributed by atoms with van der Waals surface area (Å²) < 4.78 is 40.8. The summed E-state index contributed by atoms with van der Waals surface area (Å²) in [7, 11) is 0. The lowest BCUT2D eigenvalue weighted by atomic mass is 9.77. The van der Waals surface area contributed by atoms with E-state index in [1.54, 1.807) is 0 Å². The van der Waals surface area contributed by atoms with Gasteiger partial charge in [-0.05, 0) is 159 Å². The second kappa shape index (κ2) is 19.4. The van der Waals surface area contributed by atoms with Gasteiger partial charge >= 0.3 is 0 Å². The van der Waals surface area contributed by atoms with Crippen molar-refractivity contribution in [1.82, 2.24) is 9.55 Å². The largest absolute Gasteiger partial charge is 0.457 e. The molecule has 2 aromatic heterocycles. The Morgan fingerprint density at radius 1 is 0.430 bits per heavy atom. The number of para-hydroxylation sites is 3. The first-order chi connectivity index (χ1) is 37.3. The summed E-state index contributed by atoms with van der Waals surface area (Å²) in [6.07, 6.45) is 1.91. The Hall–Kier alpha value is -8.03. The Labute approximate surface area is 466 Å². The SMILES string of the molecule is Cc1cc(C)cc(-c2cc(Oc3ccc4c5ccccc5n(-c5cc(C(C)(C)C)ccn5)c4c3)cc(N3CN(c4c(-c5cc(F)cc(F)c5)cc(C(C)(C)C)cc4-c4cc(C(C)(C)C)cc(C(C)(C)C)c4)c4ccccc43)c2)c1. The van der Waals surface area contributed by atoms with Gasteiger partial charge in [0.15, 0.2) is 0 Å². The average Bonchev–Trinajstić information content (AvgIpc) is 4.20. The molecule has 79 heavy (non-hydrogen) atoms. The van der Waals surface area contributed by atoms with Crippen molar-refractivity contribution in [2.24, 2.45) is 0 Å². The minimum absolute atomic E-state index is 0.0629. The van der Waals surface area contributed by atoms with Gasteiger partial charge in [0.25, 0.3) is 0 Å². The number of ether oxygens (including phenoxy) is 1. The van der Waals surface area contributed by atoms with E-state index >= 15 is 8.78 Å². The lowest BCUT2D eigenvalue weighted by Crippen LogP contribution is -2.25. The quantitative estimate of drug-likeness (QED) is 0.152. The number of hydrogen-bond donors (Lipinski definition) is 0. The van der Waals surface area contributed by atoms with Crippen molar-refractivity contribution in [3.8, 4) is 50.7 Å².